The molecule has 0 spiro atoms. The summed E-state index contributed by atoms with van der Waals surface area (Å²) in [6.45, 7) is -0.727. The van der Waals surface area contributed by atoms with Crippen molar-refractivity contribution in [2.45, 2.75) is 37.6 Å². The highest BCUT2D eigenvalue weighted by atomic mass is 19.3. The van der Waals surface area contributed by atoms with Gasteiger partial charge in [0, 0.05) is 32.7 Å². The van der Waals surface area contributed by atoms with Crippen molar-refractivity contribution in [3.63, 3.8) is 0 Å². The van der Waals surface area contributed by atoms with Gasteiger partial charge in [-0.3, -0.25) is 9.59 Å². The number of aromatic nitrogens is 2. The third-order valence-electron chi connectivity index (χ3n) is 6.24. The first-order valence-corrected chi connectivity index (χ1v) is 11.1. The van der Waals surface area contributed by atoms with Gasteiger partial charge in [0.15, 0.2) is 5.82 Å². The Morgan fingerprint density at radius 1 is 1.26 bits per heavy atom. The van der Waals surface area contributed by atoms with Crippen LogP contribution in [0.5, 0.6) is 5.75 Å². The number of methoxy groups -OCH3 is 1. The topological polar surface area (TPSA) is 90.9 Å². The first-order valence-electron chi connectivity index (χ1n) is 11.1. The predicted molar refractivity (Wildman–Crippen MR) is 124 cm³/mol. The molecule has 1 saturated carbocycles. The van der Waals surface area contributed by atoms with Crippen molar-refractivity contribution in [2.75, 3.05) is 49.9 Å². The van der Waals surface area contributed by atoms with Crippen LogP contribution in [-0.4, -0.2) is 73.4 Å². The van der Waals surface area contributed by atoms with Gasteiger partial charge in [0.05, 0.1) is 25.5 Å². The van der Waals surface area contributed by atoms with E-state index in [4.69, 9.17) is 4.74 Å². The molecule has 1 N–H and O–H groups in total. The lowest BCUT2D eigenvalue weighted by Gasteiger charge is -2.31. The molecule has 11 heteroatoms. The summed E-state index contributed by atoms with van der Waals surface area (Å²) in [6.07, 6.45) is 4.78. The largest absolute Gasteiger partial charge is 0.495 e. The second-order valence-electron chi connectivity index (χ2n) is 8.78. The SMILES string of the molecule is COc1cc(C(=O)N(C)C)ccc1Nc1ncc2c(n1)N(C1CCCC1)CC(F)(F)C(=O)N2C. The van der Waals surface area contributed by atoms with E-state index < -0.39 is 18.4 Å². The molecule has 2 heterocycles. The number of alkyl halides is 2. The Labute approximate surface area is 196 Å². The van der Waals surface area contributed by atoms with E-state index >= 15 is 0 Å². The van der Waals surface area contributed by atoms with E-state index in [1.165, 1.54) is 25.3 Å². The Kier molecular flexibility index (Phi) is 6.28. The lowest BCUT2D eigenvalue weighted by atomic mass is 10.1. The highest BCUT2D eigenvalue weighted by molar-refractivity contribution is 6.02. The molecular formula is C23H28F2N6O3. The van der Waals surface area contributed by atoms with Crippen LogP contribution in [0, 0.1) is 0 Å². The van der Waals surface area contributed by atoms with Crippen LogP contribution >= 0.6 is 0 Å². The van der Waals surface area contributed by atoms with E-state index in [1.54, 1.807) is 37.2 Å². The van der Waals surface area contributed by atoms with Gasteiger partial charge in [-0.2, -0.15) is 13.8 Å². The fourth-order valence-electron chi connectivity index (χ4n) is 4.41. The van der Waals surface area contributed by atoms with Crippen molar-refractivity contribution in [3.8, 4) is 5.75 Å². The zero-order valence-corrected chi connectivity index (χ0v) is 19.6. The number of carbonyl (C=O) groups is 2. The quantitative estimate of drug-likeness (QED) is 0.711. The van der Waals surface area contributed by atoms with Gasteiger partial charge >= 0.3 is 5.92 Å². The maximum atomic E-state index is 14.7. The van der Waals surface area contributed by atoms with Crippen molar-refractivity contribution in [2.24, 2.45) is 0 Å². The molecule has 1 aliphatic heterocycles. The molecular weight excluding hydrogens is 446 g/mol. The lowest BCUT2D eigenvalue weighted by Crippen LogP contribution is -2.48. The molecule has 1 aromatic carbocycles. The second-order valence-corrected chi connectivity index (χ2v) is 8.78. The Morgan fingerprint density at radius 2 is 1.97 bits per heavy atom. The van der Waals surface area contributed by atoms with Crippen LogP contribution in [0.15, 0.2) is 24.4 Å². The minimum Gasteiger partial charge on any atom is -0.495 e. The molecule has 1 aromatic heterocycles. The van der Waals surface area contributed by atoms with E-state index in [0.717, 1.165) is 30.6 Å². The molecule has 182 valence electrons. The lowest BCUT2D eigenvalue weighted by molar-refractivity contribution is -0.140. The van der Waals surface area contributed by atoms with Crippen LogP contribution in [-0.2, 0) is 4.79 Å². The third-order valence-corrected chi connectivity index (χ3v) is 6.24. The highest BCUT2D eigenvalue weighted by Crippen LogP contribution is 2.40. The van der Waals surface area contributed by atoms with Crippen molar-refractivity contribution in [1.82, 2.24) is 14.9 Å². The zero-order valence-electron chi connectivity index (χ0n) is 19.6. The van der Waals surface area contributed by atoms with E-state index in [2.05, 4.69) is 15.3 Å². The van der Waals surface area contributed by atoms with Crippen LogP contribution in [0.25, 0.3) is 0 Å². The Hall–Kier alpha value is -3.50. The van der Waals surface area contributed by atoms with Crippen molar-refractivity contribution in [3.05, 3.63) is 30.0 Å². The molecule has 1 aliphatic carbocycles. The second kappa shape index (κ2) is 9.03. The molecule has 34 heavy (non-hydrogen) atoms. The number of hydrogen-bond donors (Lipinski definition) is 1. The van der Waals surface area contributed by atoms with Gasteiger partial charge < -0.3 is 24.8 Å². The summed E-state index contributed by atoms with van der Waals surface area (Å²) in [6, 6.07) is 4.79. The highest BCUT2D eigenvalue weighted by Gasteiger charge is 2.48. The maximum absolute atomic E-state index is 14.7. The number of carbonyl (C=O) groups excluding carboxylic acids is 2. The summed E-state index contributed by atoms with van der Waals surface area (Å²) in [7, 11) is 6.11. The number of anilines is 4. The first-order chi connectivity index (χ1) is 16.1. The Balaban J connectivity index is 1.71. The summed E-state index contributed by atoms with van der Waals surface area (Å²) < 4.78 is 34.9. The molecule has 2 aromatic rings. The molecule has 1 fully saturated rings. The molecule has 0 bridgehead atoms. The van der Waals surface area contributed by atoms with Gasteiger partial charge in [-0.1, -0.05) is 12.8 Å². The molecule has 2 aliphatic rings. The predicted octanol–water partition coefficient (Wildman–Crippen LogP) is 3.29. The molecule has 0 unspecified atom stereocenters. The standard InChI is InChI=1S/C23H28F2N6O3/c1-29(2)20(32)14-9-10-16(18(11-14)34-4)27-22-26-12-17-19(28-22)31(15-7-5-6-8-15)13-23(24,25)21(33)30(17)3/h9-12,15H,5-8,13H2,1-4H3,(H,26,27,28). The minimum atomic E-state index is -3.54. The molecule has 0 radical (unpaired) electrons. The van der Waals surface area contributed by atoms with E-state index in [-0.39, 0.29) is 29.4 Å². The molecule has 2 amide bonds. The molecule has 4 rings (SSSR count). The summed E-state index contributed by atoms with van der Waals surface area (Å²) in [4.78, 5) is 37.4. The van der Waals surface area contributed by atoms with Gasteiger partial charge in [-0.05, 0) is 31.0 Å². The summed E-state index contributed by atoms with van der Waals surface area (Å²) >= 11 is 0. The van der Waals surface area contributed by atoms with Gasteiger partial charge in [0.2, 0.25) is 5.95 Å². The van der Waals surface area contributed by atoms with Crippen molar-refractivity contribution in [1.29, 1.82) is 0 Å². The van der Waals surface area contributed by atoms with E-state index in [1.807, 2.05) is 0 Å². The number of ether oxygens (including phenoxy) is 1. The number of amides is 2. The van der Waals surface area contributed by atoms with Gasteiger partial charge in [-0.15, -0.1) is 0 Å². The number of nitrogens with zero attached hydrogens (tertiary/aromatic N) is 5. The number of nitrogens with one attached hydrogen (secondary N) is 1. The normalized spacial score (nSPS) is 17.9. The van der Waals surface area contributed by atoms with Crippen molar-refractivity contribution >= 4 is 35.0 Å². The Bertz CT molecular complexity index is 1100. The number of rotatable bonds is 5. The Morgan fingerprint density at radius 3 is 2.62 bits per heavy atom. The van der Waals surface area contributed by atoms with Crippen LogP contribution in [0.1, 0.15) is 36.0 Å². The van der Waals surface area contributed by atoms with Crippen LogP contribution in [0.4, 0.5) is 31.9 Å². The van der Waals surface area contributed by atoms with Gasteiger partial charge in [-0.25, -0.2) is 4.98 Å². The maximum Gasteiger partial charge on any atom is 0.342 e. The van der Waals surface area contributed by atoms with Crippen LogP contribution in [0.2, 0.25) is 0 Å². The van der Waals surface area contributed by atoms with Crippen molar-refractivity contribution < 1.29 is 23.1 Å². The average molecular weight is 475 g/mol. The van der Waals surface area contributed by atoms with Gasteiger partial charge in [0.25, 0.3) is 11.8 Å². The fraction of sp³-hybridized carbons (Fsp3) is 0.478. The van der Waals surface area contributed by atoms with E-state index in [9.17, 15) is 18.4 Å². The van der Waals surface area contributed by atoms with Crippen LogP contribution < -0.4 is 19.9 Å². The van der Waals surface area contributed by atoms with Gasteiger partial charge in [0.1, 0.15) is 11.4 Å². The van der Waals surface area contributed by atoms with Crippen LogP contribution in [0.3, 0.4) is 0 Å². The first kappa shape index (κ1) is 23.7. The number of fused-ring (bicyclic) bond motifs is 1. The minimum absolute atomic E-state index is 0.127. The fourth-order valence-corrected chi connectivity index (χ4v) is 4.41. The average Bonchev–Trinajstić information content (AvgIpc) is 3.34. The monoisotopic (exact) mass is 474 g/mol. The summed E-state index contributed by atoms with van der Waals surface area (Å²) in [5.41, 5.74) is 1.19. The molecule has 0 atom stereocenters. The zero-order chi connectivity index (χ0) is 24.6. The summed E-state index contributed by atoms with van der Waals surface area (Å²) in [5, 5.41) is 3.06. The number of halogens is 2. The van der Waals surface area contributed by atoms with E-state index in [0.29, 0.717) is 17.0 Å². The molecule has 0 saturated heterocycles. The third kappa shape index (κ3) is 4.34. The number of hydrogen-bond acceptors (Lipinski definition) is 7. The summed E-state index contributed by atoms with van der Waals surface area (Å²) in [5.74, 6) is -4.14. The smallest absolute Gasteiger partial charge is 0.342 e. The molecule has 9 nitrogen and oxygen atoms in total. The number of benzene rings is 1.